The van der Waals surface area contributed by atoms with E-state index in [4.69, 9.17) is 4.74 Å². The Balaban J connectivity index is 2.47. The summed E-state index contributed by atoms with van der Waals surface area (Å²) in [5.74, 6) is 1.29. The summed E-state index contributed by atoms with van der Waals surface area (Å²) >= 11 is 0. The number of anilines is 3. The Bertz CT molecular complexity index is 673. The van der Waals surface area contributed by atoms with Gasteiger partial charge in [0.1, 0.15) is 11.6 Å². The van der Waals surface area contributed by atoms with Crippen molar-refractivity contribution in [3.05, 3.63) is 46.0 Å². The molecule has 7 nitrogen and oxygen atoms in total. The van der Waals surface area contributed by atoms with Crippen LogP contribution < -0.4 is 15.4 Å². The molecule has 110 valence electrons. The van der Waals surface area contributed by atoms with Crippen LogP contribution in [0.2, 0.25) is 0 Å². The fraction of sp³-hybridized carbons (Fsp3) is 0.214. The molecule has 0 spiro atoms. The summed E-state index contributed by atoms with van der Waals surface area (Å²) in [4.78, 5) is 14.8. The van der Waals surface area contributed by atoms with Gasteiger partial charge in [-0.25, -0.2) is 4.98 Å². The van der Waals surface area contributed by atoms with Crippen LogP contribution >= 0.6 is 0 Å². The van der Waals surface area contributed by atoms with Crippen molar-refractivity contribution < 1.29 is 9.66 Å². The number of nitro groups is 1. The predicted molar refractivity (Wildman–Crippen MR) is 81.5 cm³/mol. The smallest absolute Gasteiger partial charge is 0.311 e. The minimum Gasteiger partial charge on any atom is -0.495 e. The number of methoxy groups -OCH3 is 1. The zero-order valence-corrected chi connectivity index (χ0v) is 12.0. The van der Waals surface area contributed by atoms with E-state index in [0.717, 1.165) is 5.56 Å². The molecule has 21 heavy (non-hydrogen) atoms. The molecule has 0 atom stereocenters. The quantitative estimate of drug-likeness (QED) is 0.649. The van der Waals surface area contributed by atoms with Crippen molar-refractivity contribution in [1.82, 2.24) is 4.98 Å². The van der Waals surface area contributed by atoms with Gasteiger partial charge in [-0.05, 0) is 30.7 Å². The fourth-order valence-corrected chi connectivity index (χ4v) is 1.88. The van der Waals surface area contributed by atoms with E-state index in [2.05, 4.69) is 15.6 Å². The Morgan fingerprint density at radius 1 is 1.29 bits per heavy atom. The zero-order chi connectivity index (χ0) is 15.4. The maximum absolute atomic E-state index is 11.1. The lowest BCUT2D eigenvalue weighted by Gasteiger charge is -2.12. The van der Waals surface area contributed by atoms with Gasteiger partial charge in [-0.1, -0.05) is 6.07 Å². The van der Waals surface area contributed by atoms with Crippen molar-refractivity contribution in [2.45, 2.75) is 6.92 Å². The number of benzene rings is 1. The Morgan fingerprint density at radius 3 is 2.67 bits per heavy atom. The number of hydrogen-bond acceptors (Lipinski definition) is 6. The van der Waals surface area contributed by atoms with Crippen LogP contribution in [0, 0.1) is 17.0 Å². The molecule has 1 heterocycles. The zero-order valence-electron chi connectivity index (χ0n) is 12.0. The third kappa shape index (κ3) is 3.19. The van der Waals surface area contributed by atoms with E-state index < -0.39 is 4.92 Å². The number of hydrogen-bond donors (Lipinski definition) is 2. The van der Waals surface area contributed by atoms with E-state index in [1.165, 1.54) is 6.07 Å². The van der Waals surface area contributed by atoms with Gasteiger partial charge in [0.2, 0.25) is 5.82 Å². The third-order valence-electron chi connectivity index (χ3n) is 2.93. The molecule has 1 aromatic heterocycles. The number of nitrogens with zero attached hydrogens (tertiary/aromatic N) is 2. The molecule has 1 aromatic carbocycles. The average Bonchev–Trinajstić information content (AvgIpc) is 2.47. The molecular weight excluding hydrogens is 272 g/mol. The summed E-state index contributed by atoms with van der Waals surface area (Å²) in [5.41, 5.74) is 1.53. The highest BCUT2D eigenvalue weighted by Gasteiger charge is 2.17. The van der Waals surface area contributed by atoms with Crippen molar-refractivity contribution >= 4 is 23.0 Å². The third-order valence-corrected chi connectivity index (χ3v) is 2.93. The van der Waals surface area contributed by atoms with Crippen LogP contribution in [0.25, 0.3) is 0 Å². The van der Waals surface area contributed by atoms with E-state index in [0.29, 0.717) is 17.3 Å². The van der Waals surface area contributed by atoms with Crippen LogP contribution in [-0.2, 0) is 0 Å². The molecule has 0 aliphatic rings. The summed E-state index contributed by atoms with van der Waals surface area (Å²) in [5, 5.41) is 16.9. The van der Waals surface area contributed by atoms with Crippen LogP contribution in [0.15, 0.2) is 30.3 Å². The van der Waals surface area contributed by atoms with Gasteiger partial charge in [-0.15, -0.1) is 0 Å². The molecule has 0 bridgehead atoms. The first-order valence-electron chi connectivity index (χ1n) is 6.30. The highest BCUT2D eigenvalue weighted by molar-refractivity contribution is 5.71. The number of nitrogens with one attached hydrogen (secondary N) is 2. The maximum Gasteiger partial charge on any atom is 0.311 e. The number of aryl methyl sites for hydroxylation is 1. The molecule has 0 saturated carbocycles. The highest BCUT2D eigenvalue weighted by atomic mass is 16.6. The minimum absolute atomic E-state index is 0.0995. The van der Waals surface area contributed by atoms with E-state index in [9.17, 15) is 10.1 Å². The summed E-state index contributed by atoms with van der Waals surface area (Å²) in [6.45, 7) is 1.93. The van der Waals surface area contributed by atoms with E-state index >= 15 is 0 Å². The topological polar surface area (TPSA) is 89.3 Å². The van der Waals surface area contributed by atoms with E-state index in [-0.39, 0.29) is 11.5 Å². The molecule has 0 fully saturated rings. The molecule has 0 unspecified atom stereocenters. The number of ether oxygens (including phenoxy) is 1. The molecule has 7 heteroatoms. The van der Waals surface area contributed by atoms with Crippen LogP contribution in [0.5, 0.6) is 5.75 Å². The van der Waals surface area contributed by atoms with Crippen molar-refractivity contribution in [2.75, 3.05) is 24.8 Å². The van der Waals surface area contributed by atoms with Gasteiger partial charge < -0.3 is 15.4 Å². The van der Waals surface area contributed by atoms with Crippen LogP contribution in [0.1, 0.15) is 5.56 Å². The fourth-order valence-electron chi connectivity index (χ4n) is 1.88. The standard InChI is InChI=1S/C14H16N4O3/c1-9-4-6-12(21-3)10(8-9)16-14-11(18(19)20)5-7-13(15-2)17-14/h4-8H,1-3H3,(H2,15,16,17). The maximum atomic E-state index is 11.1. The van der Waals surface area contributed by atoms with Crippen molar-refractivity contribution in [1.29, 1.82) is 0 Å². The Hall–Kier alpha value is -2.83. The summed E-state index contributed by atoms with van der Waals surface area (Å²) < 4.78 is 5.25. The molecule has 0 radical (unpaired) electrons. The Labute approximate surface area is 122 Å². The molecule has 0 aliphatic heterocycles. The van der Waals surface area contributed by atoms with Gasteiger partial charge in [0.15, 0.2) is 0 Å². The molecule has 2 rings (SSSR count). The van der Waals surface area contributed by atoms with Crippen molar-refractivity contribution in [3.8, 4) is 5.75 Å². The lowest BCUT2D eigenvalue weighted by Crippen LogP contribution is -2.03. The van der Waals surface area contributed by atoms with Crippen LogP contribution in [-0.4, -0.2) is 24.1 Å². The molecule has 0 saturated heterocycles. The van der Waals surface area contributed by atoms with Gasteiger partial charge in [0.25, 0.3) is 0 Å². The van der Waals surface area contributed by atoms with E-state index in [1.807, 2.05) is 19.1 Å². The van der Waals surface area contributed by atoms with Gasteiger partial charge >= 0.3 is 5.69 Å². The monoisotopic (exact) mass is 288 g/mol. The van der Waals surface area contributed by atoms with Crippen LogP contribution in [0.3, 0.4) is 0 Å². The first kappa shape index (κ1) is 14.6. The summed E-state index contributed by atoms with van der Waals surface area (Å²) in [6, 6.07) is 8.50. The summed E-state index contributed by atoms with van der Waals surface area (Å²) in [6.07, 6.45) is 0. The normalized spacial score (nSPS) is 10.0. The number of pyridine rings is 1. The first-order valence-corrected chi connectivity index (χ1v) is 6.30. The number of aromatic nitrogens is 1. The second-order valence-corrected chi connectivity index (χ2v) is 4.40. The Kier molecular flexibility index (Phi) is 4.22. The van der Waals surface area contributed by atoms with Crippen molar-refractivity contribution in [2.24, 2.45) is 0 Å². The van der Waals surface area contributed by atoms with Gasteiger partial charge in [0, 0.05) is 13.1 Å². The Morgan fingerprint density at radius 2 is 2.05 bits per heavy atom. The molecule has 0 amide bonds. The molecule has 2 aromatic rings. The van der Waals surface area contributed by atoms with Gasteiger partial charge in [0.05, 0.1) is 17.7 Å². The van der Waals surface area contributed by atoms with Crippen molar-refractivity contribution in [3.63, 3.8) is 0 Å². The summed E-state index contributed by atoms with van der Waals surface area (Å²) in [7, 11) is 3.24. The van der Waals surface area contributed by atoms with E-state index in [1.54, 1.807) is 26.3 Å². The number of rotatable bonds is 5. The minimum atomic E-state index is -0.475. The second-order valence-electron chi connectivity index (χ2n) is 4.40. The predicted octanol–water partition coefficient (Wildman–Crippen LogP) is 3.09. The first-order chi connectivity index (χ1) is 10.0. The highest BCUT2D eigenvalue weighted by Crippen LogP contribution is 2.32. The molecule has 0 aliphatic carbocycles. The second kappa shape index (κ2) is 6.08. The lowest BCUT2D eigenvalue weighted by molar-refractivity contribution is -0.384. The van der Waals surface area contributed by atoms with Gasteiger partial charge in [-0.3, -0.25) is 10.1 Å². The molecule has 2 N–H and O–H groups in total. The molecular formula is C14H16N4O3. The lowest BCUT2D eigenvalue weighted by atomic mass is 10.2. The largest absolute Gasteiger partial charge is 0.495 e. The SMILES string of the molecule is CNc1ccc([N+](=O)[O-])c(Nc2cc(C)ccc2OC)n1. The van der Waals surface area contributed by atoms with Gasteiger partial charge in [-0.2, -0.15) is 0 Å². The average molecular weight is 288 g/mol. The van der Waals surface area contributed by atoms with Crippen LogP contribution in [0.4, 0.5) is 23.0 Å².